The maximum Gasteiger partial charge on any atom is 0.284 e. The van der Waals surface area contributed by atoms with E-state index in [9.17, 15) is 9.59 Å². The molecule has 0 atom stereocenters. The van der Waals surface area contributed by atoms with Gasteiger partial charge in [0.2, 0.25) is 0 Å². The minimum Gasteiger partial charge on any atom is -0.494 e. The molecule has 1 fully saturated rings. The van der Waals surface area contributed by atoms with E-state index in [2.05, 4.69) is 15.3 Å². The van der Waals surface area contributed by atoms with Crippen molar-refractivity contribution in [2.45, 2.75) is 38.2 Å². The highest BCUT2D eigenvalue weighted by molar-refractivity contribution is 6.04. The van der Waals surface area contributed by atoms with Crippen LogP contribution < -0.4 is 20.3 Å². The van der Waals surface area contributed by atoms with Gasteiger partial charge in [-0.05, 0) is 75.1 Å². The van der Waals surface area contributed by atoms with E-state index in [4.69, 9.17) is 14.2 Å². The number of fused-ring (bicyclic) bond motifs is 1. The van der Waals surface area contributed by atoms with Crippen LogP contribution in [0.3, 0.4) is 0 Å². The fourth-order valence-corrected chi connectivity index (χ4v) is 5.21. The Morgan fingerprint density at radius 1 is 1.02 bits per heavy atom. The van der Waals surface area contributed by atoms with Crippen LogP contribution in [-0.4, -0.2) is 44.6 Å². The van der Waals surface area contributed by atoms with E-state index in [1.165, 1.54) is 10.9 Å². The third kappa shape index (κ3) is 5.87. The fourth-order valence-electron chi connectivity index (χ4n) is 5.21. The number of hydrogen-bond acceptors (Lipinski definition) is 7. The van der Waals surface area contributed by atoms with Gasteiger partial charge in [0.05, 0.1) is 35.3 Å². The van der Waals surface area contributed by atoms with Crippen molar-refractivity contribution in [3.05, 3.63) is 101 Å². The Balaban J connectivity index is 1.11. The Kier molecular flexibility index (Phi) is 7.69. The monoisotopic (exact) mass is 579 g/mol. The van der Waals surface area contributed by atoms with Gasteiger partial charge in [0.1, 0.15) is 28.6 Å². The molecule has 2 aromatic carbocycles. The van der Waals surface area contributed by atoms with Crippen molar-refractivity contribution in [3.63, 3.8) is 0 Å². The zero-order valence-corrected chi connectivity index (χ0v) is 24.4. The van der Waals surface area contributed by atoms with Crippen molar-refractivity contribution >= 4 is 22.6 Å². The first-order chi connectivity index (χ1) is 20.9. The number of aromatic nitrogens is 4. The van der Waals surface area contributed by atoms with Crippen LogP contribution in [0.4, 0.5) is 5.82 Å². The van der Waals surface area contributed by atoms with Crippen molar-refractivity contribution in [3.8, 4) is 22.9 Å². The summed E-state index contributed by atoms with van der Waals surface area (Å²) in [5.41, 5.74) is 1.70. The average molecular weight is 580 g/mol. The van der Waals surface area contributed by atoms with E-state index < -0.39 is 11.5 Å². The van der Waals surface area contributed by atoms with Crippen LogP contribution in [0.2, 0.25) is 0 Å². The second-order valence-electron chi connectivity index (χ2n) is 10.7. The lowest BCUT2D eigenvalue weighted by molar-refractivity contribution is 0.0672. The van der Waals surface area contributed by atoms with Gasteiger partial charge in [-0.2, -0.15) is 0 Å². The van der Waals surface area contributed by atoms with Gasteiger partial charge in [0.15, 0.2) is 0 Å². The zero-order valence-electron chi connectivity index (χ0n) is 24.4. The highest BCUT2D eigenvalue weighted by Gasteiger charge is 2.42. The molecule has 43 heavy (non-hydrogen) atoms. The van der Waals surface area contributed by atoms with E-state index in [0.29, 0.717) is 35.3 Å². The first-order valence-electron chi connectivity index (χ1n) is 14.2. The minimum absolute atomic E-state index is 0.0573. The van der Waals surface area contributed by atoms with Crippen LogP contribution in [0, 0.1) is 6.92 Å². The molecule has 10 heteroatoms. The van der Waals surface area contributed by atoms with Crippen molar-refractivity contribution in [1.29, 1.82) is 0 Å². The predicted octanol–water partition coefficient (Wildman–Crippen LogP) is 5.81. The molecule has 6 rings (SSSR count). The standard InChI is InChI=1S/C33H33N5O5/c1-22-30(32(40)38(37(22)2)23-8-5-4-6-9-23)31(39)36-29-13-11-25(21-35-29)43-28-14-18-34-27-20-24(10-12-26(27)28)42-19-7-15-33(41-3)16-17-33/h4-6,8-14,18,20-21H,7,15-17,19H2,1-3H3,(H,35,36,39). The number of pyridine rings is 2. The van der Waals surface area contributed by atoms with Gasteiger partial charge in [-0.1, -0.05) is 18.2 Å². The SMILES string of the molecule is COC1(CCCOc2ccc3c(Oc4ccc(NC(=O)c5c(C)n(C)n(-c6ccccc6)c5=O)nc4)ccnc3c2)CC1. The van der Waals surface area contributed by atoms with Gasteiger partial charge >= 0.3 is 0 Å². The largest absolute Gasteiger partial charge is 0.494 e. The molecule has 0 bridgehead atoms. The number of rotatable bonds is 11. The topological polar surface area (TPSA) is 110 Å². The molecular formula is C33H33N5O5. The van der Waals surface area contributed by atoms with Gasteiger partial charge in [-0.25, -0.2) is 9.67 Å². The molecule has 1 amide bonds. The summed E-state index contributed by atoms with van der Waals surface area (Å²) in [4.78, 5) is 35.1. The third-order valence-electron chi connectivity index (χ3n) is 7.95. The Morgan fingerprint density at radius 3 is 2.53 bits per heavy atom. The van der Waals surface area contributed by atoms with Gasteiger partial charge < -0.3 is 19.5 Å². The quantitative estimate of drug-likeness (QED) is 0.197. The van der Waals surface area contributed by atoms with Gasteiger partial charge in [0.25, 0.3) is 11.5 Å². The van der Waals surface area contributed by atoms with E-state index in [1.807, 2.05) is 48.5 Å². The lowest BCUT2D eigenvalue weighted by atomic mass is 10.2. The van der Waals surface area contributed by atoms with Crippen molar-refractivity contribution < 1.29 is 19.0 Å². The summed E-state index contributed by atoms with van der Waals surface area (Å²) in [7, 11) is 3.53. The number of anilines is 1. The molecule has 1 aliphatic carbocycles. The Hall–Kier alpha value is -4.96. The zero-order chi connectivity index (χ0) is 30.0. The van der Waals surface area contributed by atoms with Crippen LogP contribution in [0.15, 0.2) is 83.9 Å². The molecule has 1 saturated carbocycles. The Bertz CT molecular complexity index is 1830. The molecule has 10 nitrogen and oxygen atoms in total. The number of benzene rings is 2. The first-order valence-corrected chi connectivity index (χ1v) is 14.2. The summed E-state index contributed by atoms with van der Waals surface area (Å²) >= 11 is 0. The van der Waals surface area contributed by atoms with E-state index in [0.717, 1.165) is 42.3 Å². The second kappa shape index (κ2) is 11.7. The average Bonchev–Trinajstić information content (AvgIpc) is 3.77. The fraction of sp³-hybridized carbons (Fsp3) is 0.273. The van der Waals surface area contributed by atoms with Crippen LogP contribution in [0.25, 0.3) is 16.6 Å². The minimum atomic E-state index is -0.530. The number of nitrogens with one attached hydrogen (secondary N) is 1. The van der Waals surface area contributed by atoms with E-state index in [1.54, 1.807) is 50.2 Å². The molecule has 220 valence electrons. The second-order valence-corrected chi connectivity index (χ2v) is 10.7. The predicted molar refractivity (Wildman–Crippen MR) is 163 cm³/mol. The summed E-state index contributed by atoms with van der Waals surface area (Å²) in [5.74, 6) is 1.63. The van der Waals surface area contributed by atoms with Crippen molar-refractivity contribution in [1.82, 2.24) is 19.3 Å². The molecule has 0 aliphatic heterocycles. The lowest BCUT2D eigenvalue weighted by Gasteiger charge is -2.13. The van der Waals surface area contributed by atoms with Crippen LogP contribution in [-0.2, 0) is 11.8 Å². The summed E-state index contributed by atoms with van der Waals surface area (Å²) in [5, 5.41) is 3.56. The van der Waals surface area contributed by atoms with Gasteiger partial charge in [0, 0.05) is 31.8 Å². The molecule has 1 N–H and O–H groups in total. The molecule has 0 spiro atoms. The molecule has 3 heterocycles. The number of amides is 1. The lowest BCUT2D eigenvalue weighted by Crippen LogP contribution is -2.25. The molecule has 5 aromatic rings. The molecule has 1 aliphatic rings. The Morgan fingerprint density at radius 2 is 1.81 bits per heavy atom. The van der Waals surface area contributed by atoms with Gasteiger partial charge in [-0.3, -0.25) is 19.3 Å². The van der Waals surface area contributed by atoms with Crippen LogP contribution in [0.5, 0.6) is 17.2 Å². The number of ether oxygens (including phenoxy) is 3. The number of methoxy groups -OCH3 is 1. The molecule has 0 radical (unpaired) electrons. The molecule has 0 saturated heterocycles. The molecule has 3 aromatic heterocycles. The molecular weight excluding hydrogens is 546 g/mol. The number of para-hydroxylation sites is 1. The van der Waals surface area contributed by atoms with Gasteiger partial charge in [-0.15, -0.1) is 0 Å². The normalized spacial score (nSPS) is 13.6. The first kappa shape index (κ1) is 28.2. The summed E-state index contributed by atoms with van der Waals surface area (Å²) in [6.07, 6.45) is 7.40. The summed E-state index contributed by atoms with van der Waals surface area (Å²) in [6.45, 7) is 2.36. The maximum atomic E-state index is 13.2. The summed E-state index contributed by atoms with van der Waals surface area (Å²) < 4.78 is 20.8. The Labute approximate surface area is 248 Å². The van der Waals surface area contributed by atoms with Crippen LogP contribution in [0.1, 0.15) is 41.7 Å². The highest BCUT2D eigenvalue weighted by Crippen LogP contribution is 2.42. The number of hydrogen-bond donors (Lipinski definition) is 1. The third-order valence-corrected chi connectivity index (χ3v) is 7.95. The maximum absolute atomic E-state index is 13.2. The molecule has 0 unspecified atom stereocenters. The number of nitrogens with zero attached hydrogens (tertiary/aromatic N) is 4. The van der Waals surface area contributed by atoms with Crippen molar-refractivity contribution in [2.75, 3.05) is 19.0 Å². The van der Waals surface area contributed by atoms with E-state index >= 15 is 0 Å². The smallest absolute Gasteiger partial charge is 0.284 e. The summed E-state index contributed by atoms with van der Waals surface area (Å²) in [6, 6.07) is 20.0. The number of carbonyl (C=O) groups is 1. The highest BCUT2D eigenvalue weighted by atomic mass is 16.5. The number of carbonyl (C=O) groups excluding carboxylic acids is 1. The van der Waals surface area contributed by atoms with Crippen molar-refractivity contribution in [2.24, 2.45) is 7.05 Å². The van der Waals surface area contributed by atoms with E-state index in [-0.39, 0.29) is 11.2 Å². The van der Waals surface area contributed by atoms with Crippen LogP contribution >= 0.6 is 0 Å².